The molecule has 1 aromatic heterocycles. The van der Waals surface area contributed by atoms with Crippen molar-refractivity contribution in [2.24, 2.45) is 7.05 Å². The fourth-order valence-electron chi connectivity index (χ4n) is 4.69. The molecule has 2 aromatic carbocycles. The zero-order chi connectivity index (χ0) is 24.8. The third-order valence-corrected chi connectivity index (χ3v) is 7.69. The van der Waals surface area contributed by atoms with Crippen LogP contribution < -0.4 is 0 Å². The summed E-state index contributed by atoms with van der Waals surface area (Å²) in [6.45, 7) is 2.26. The molecule has 1 aliphatic heterocycles. The summed E-state index contributed by atoms with van der Waals surface area (Å²) in [5.41, 5.74) is 2.64. The van der Waals surface area contributed by atoms with Gasteiger partial charge in [0.15, 0.2) is 0 Å². The maximum absolute atomic E-state index is 13.8. The molecule has 8 heteroatoms. The number of aromatic nitrogens is 1. The number of likely N-dealkylation sites (tertiary alicyclic amines) is 1. The summed E-state index contributed by atoms with van der Waals surface area (Å²) in [6, 6.07) is 10.5. The third kappa shape index (κ3) is 4.81. The number of alkyl halides is 2. The van der Waals surface area contributed by atoms with Crippen LogP contribution in [-0.2, 0) is 19.4 Å². The predicted octanol–water partition coefficient (Wildman–Crippen LogP) is 6.35. The first kappa shape index (κ1) is 25.0. The first-order valence-corrected chi connectivity index (χ1v) is 12.1. The minimum Gasteiger partial charge on any atom is -0.347 e. The second-order valence-corrected chi connectivity index (χ2v) is 10.2. The van der Waals surface area contributed by atoms with E-state index in [9.17, 15) is 13.6 Å². The van der Waals surface area contributed by atoms with Crippen LogP contribution >= 0.6 is 23.2 Å². The minimum atomic E-state index is -2.92. The lowest BCUT2D eigenvalue weighted by molar-refractivity contribution is 0.0176. The number of benzene rings is 2. The smallest absolute Gasteiger partial charge is 0.270 e. The number of fused-ring (bicyclic) bond motifs is 1. The van der Waals surface area contributed by atoms with E-state index >= 15 is 0 Å². The molecule has 0 N–H and O–H groups in total. The fraction of sp³-hybridized carbons (Fsp3) is 0.423. The van der Waals surface area contributed by atoms with E-state index in [4.69, 9.17) is 23.2 Å². The highest BCUT2D eigenvalue weighted by atomic mass is 35.5. The number of piperidine rings is 1. The van der Waals surface area contributed by atoms with Crippen molar-refractivity contribution in [2.75, 3.05) is 27.2 Å². The van der Waals surface area contributed by atoms with Crippen molar-refractivity contribution in [2.45, 2.75) is 38.2 Å². The van der Waals surface area contributed by atoms with Gasteiger partial charge in [-0.3, -0.25) is 4.79 Å². The number of hydrogen-bond acceptors (Lipinski definition) is 2. The summed E-state index contributed by atoms with van der Waals surface area (Å²) >= 11 is 13.3. The Balaban J connectivity index is 1.62. The number of carbonyl (C=O) groups is 1. The number of rotatable bonds is 5. The average molecular weight is 508 g/mol. The van der Waals surface area contributed by atoms with Crippen LogP contribution in [0, 0.1) is 0 Å². The fourth-order valence-corrected chi connectivity index (χ4v) is 5.28. The van der Waals surface area contributed by atoms with Crippen LogP contribution in [0.1, 0.15) is 46.9 Å². The highest BCUT2D eigenvalue weighted by Gasteiger charge is 2.28. The Hall–Kier alpha value is -2.15. The molecule has 2 heterocycles. The Bertz CT molecular complexity index is 1220. The molecule has 0 unspecified atom stereocenters. The van der Waals surface area contributed by atoms with Crippen molar-refractivity contribution in [1.82, 2.24) is 14.4 Å². The first-order chi connectivity index (χ1) is 16.0. The summed E-state index contributed by atoms with van der Waals surface area (Å²) in [7, 11) is 5.96. The van der Waals surface area contributed by atoms with Crippen molar-refractivity contribution in [3.05, 3.63) is 68.8 Å². The zero-order valence-corrected chi connectivity index (χ0v) is 21.4. The van der Waals surface area contributed by atoms with E-state index in [0.29, 0.717) is 52.2 Å². The number of aryl methyl sites for hydroxylation is 1. The Morgan fingerprint density at radius 2 is 1.79 bits per heavy atom. The summed E-state index contributed by atoms with van der Waals surface area (Å²) in [5.74, 6) is -3.01. The zero-order valence-electron chi connectivity index (χ0n) is 19.8. The number of nitrogens with zero attached hydrogens (tertiary/aromatic N) is 3. The highest BCUT2D eigenvalue weighted by Crippen LogP contribution is 2.34. The molecule has 0 saturated carbocycles. The van der Waals surface area contributed by atoms with Crippen molar-refractivity contribution in [1.29, 1.82) is 0 Å². The van der Waals surface area contributed by atoms with Gasteiger partial charge >= 0.3 is 0 Å². The van der Waals surface area contributed by atoms with Gasteiger partial charge in [0.25, 0.3) is 11.8 Å². The molecule has 0 radical (unpaired) electrons. The van der Waals surface area contributed by atoms with Crippen molar-refractivity contribution < 1.29 is 13.6 Å². The average Bonchev–Trinajstić information content (AvgIpc) is 3.10. The Kier molecular flexibility index (Phi) is 6.96. The second kappa shape index (κ2) is 9.48. The quantitative estimate of drug-likeness (QED) is 0.402. The van der Waals surface area contributed by atoms with Crippen molar-refractivity contribution in [3.8, 4) is 0 Å². The molecule has 182 valence electrons. The normalized spacial score (nSPS) is 15.5. The molecule has 0 aliphatic carbocycles. The largest absolute Gasteiger partial charge is 0.347 e. The molecular formula is C26H29Cl2F2N3O. The van der Waals surface area contributed by atoms with Gasteiger partial charge in [0.1, 0.15) is 0 Å². The lowest BCUT2D eigenvalue weighted by atomic mass is 10.0. The molecule has 1 amide bonds. The van der Waals surface area contributed by atoms with Gasteiger partial charge in [0.2, 0.25) is 0 Å². The van der Waals surface area contributed by atoms with Crippen LogP contribution in [0.4, 0.5) is 8.78 Å². The Labute approximate surface area is 209 Å². The maximum Gasteiger partial charge on any atom is 0.270 e. The lowest BCUT2D eigenvalue weighted by Gasteiger charge is -2.35. The van der Waals surface area contributed by atoms with Crippen LogP contribution in [0.15, 0.2) is 36.4 Å². The van der Waals surface area contributed by atoms with Gasteiger partial charge in [0.05, 0.1) is 10.6 Å². The van der Waals surface area contributed by atoms with E-state index in [-0.39, 0.29) is 11.5 Å². The molecule has 3 aromatic rings. The van der Waals surface area contributed by atoms with Gasteiger partial charge in [-0.05, 0) is 62.2 Å². The molecule has 0 spiro atoms. The third-order valence-electron chi connectivity index (χ3n) is 6.91. The van der Waals surface area contributed by atoms with Gasteiger partial charge in [-0.1, -0.05) is 35.3 Å². The summed E-state index contributed by atoms with van der Waals surface area (Å²) in [6.07, 6.45) is 2.22. The van der Waals surface area contributed by atoms with Crippen molar-refractivity contribution >= 4 is 40.0 Å². The van der Waals surface area contributed by atoms with Crippen LogP contribution in [0.3, 0.4) is 0 Å². The molecule has 1 aliphatic rings. The SMILES string of the molecule is CN(C)C1CCN(C(=O)c2ccc(Cl)c(Cc3cc4ccc(C(C)(F)F)cc4n3C)c2Cl)CC1. The molecule has 1 saturated heterocycles. The maximum atomic E-state index is 13.8. The molecule has 34 heavy (non-hydrogen) atoms. The summed E-state index contributed by atoms with van der Waals surface area (Å²) in [5, 5.41) is 1.67. The van der Waals surface area contributed by atoms with E-state index in [1.54, 1.807) is 18.2 Å². The first-order valence-electron chi connectivity index (χ1n) is 11.4. The lowest BCUT2D eigenvalue weighted by Crippen LogP contribution is -2.44. The van der Waals surface area contributed by atoms with Crippen molar-refractivity contribution in [3.63, 3.8) is 0 Å². The molecule has 4 rings (SSSR count). The molecule has 0 bridgehead atoms. The van der Waals surface area contributed by atoms with E-state index < -0.39 is 5.92 Å². The predicted molar refractivity (Wildman–Crippen MR) is 134 cm³/mol. The van der Waals surface area contributed by atoms with E-state index in [2.05, 4.69) is 19.0 Å². The van der Waals surface area contributed by atoms with Gasteiger partial charge in [-0.15, -0.1) is 0 Å². The molecular weight excluding hydrogens is 479 g/mol. The molecule has 4 nitrogen and oxygen atoms in total. The Morgan fingerprint density at radius 3 is 2.41 bits per heavy atom. The monoisotopic (exact) mass is 507 g/mol. The van der Waals surface area contributed by atoms with E-state index in [1.807, 2.05) is 22.6 Å². The van der Waals surface area contributed by atoms with Crippen LogP contribution in [0.25, 0.3) is 10.9 Å². The standard InChI is InChI=1S/C26H29Cl2F2N3O/c1-26(29,30)17-6-5-16-13-19(32(4)23(16)14-17)15-21-22(27)8-7-20(24(21)28)25(34)33-11-9-18(10-12-33)31(2)3/h5-8,13-14,18H,9-12,15H2,1-4H3. The van der Waals surface area contributed by atoms with Crippen LogP contribution in [0.5, 0.6) is 0 Å². The number of amides is 1. The van der Waals surface area contributed by atoms with Crippen LogP contribution in [0.2, 0.25) is 10.0 Å². The molecule has 0 atom stereocenters. The summed E-state index contributed by atoms with van der Waals surface area (Å²) < 4.78 is 29.5. The Morgan fingerprint density at radius 1 is 1.12 bits per heavy atom. The van der Waals surface area contributed by atoms with Crippen LogP contribution in [-0.4, -0.2) is 53.5 Å². The van der Waals surface area contributed by atoms with E-state index in [1.165, 1.54) is 12.1 Å². The molecule has 1 fully saturated rings. The van der Waals surface area contributed by atoms with Gasteiger partial charge in [0, 0.05) is 61.3 Å². The highest BCUT2D eigenvalue weighted by molar-refractivity contribution is 6.38. The number of carbonyl (C=O) groups excluding carboxylic acids is 1. The summed E-state index contributed by atoms with van der Waals surface area (Å²) in [4.78, 5) is 17.3. The van der Waals surface area contributed by atoms with Gasteiger partial charge in [-0.2, -0.15) is 0 Å². The van der Waals surface area contributed by atoms with Gasteiger partial charge in [-0.25, -0.2) is 8.78 Å². The topological polar surface area (TPSA) is 28.5 Å². The number of halogens is 4. The number of hydrogen-bond donors (Lipinski definition) is 0. The second-order valence-electron chi connectivity index (χ2n) is 9.41. The van der Waals surface area contributed by atoms with E-state index in [0.717, 1.165) is 30.8 Å². The van der Waals surface area contributed by atoms with Gasteiger partial charge < -0.3 is 14.4 Å². The minimum absolute atomic E-state index is 0.0329.